The van der Waals surface area contributed by atoms with Crippen molar-refractivity contribution in [3.8, 4) is 11.5 Å². The lowest BCUT2D eigenvalue weighted by atomic mass is 10.2. The van der Waals surface area contributed by atoms with Crippen LogP contribution in [-0.4, -0.2) is 39.9 Å². The van der Waals surface area contributed by atoms with Crippen LogP contribution in [0.15, 0.2) is 53.5 Å². The Balaban J connectivity index is 1.33. The number of ether oxygens (including phenoxy) is 2. The number of benzene rings is 2. The van der Waals surface area contributed by atoms with Crippen LogP contribution in [0.1, 0.15) is 18.4 Å². The molecule has 27 heavy (non-hydrogen) atoms. The summed E-state index contributed by atoms with van der Waals surface area (Å²) in [6.45, 7) is 2.92. The fourth-order valence-corrected chi connectivity index (χ4v) is 2.95. The van der Waals surface area contributed by atoms with Gasteiger partial charge in [0.2, 0.25) is 6.79 Å². The van der Waals surface area contributed by atoms with E-state index in [9.17, 15) is 0 Å². The minimum absolute atomic E-state index is 0.300. The Labute approximate surface area is 161 Å². The van der Waals surface area contributed by atoms with E-state index in [1.54, 1.807) is 7.05 Å². The van der Waals surface area contributed by atoms with Gasteiger partial charge in [0.1, 0.15) is 0 Å². The molecule has 2 N–H and O–H groups in total. The summed E-state index contributed by atoms with van der Waals surface area (Å²) >= 11 is 0. The second kappa shape index (κ2) is 9.71. The standard InChI is InChI=1S/C21H28N4O2/c1-22-21(24-15-17-10-11-19-20(14-17)27-16-26-19)23-12-6-7-13-25(2)18-8-4-3-5-9-18/h3-5,8-11,14H,6-7,12-13,15-16H2,1-2H3,(H2,22,23,24). The zero-order valence-corrected chi connectivity index (χ0v) is 16.1. The predicted octanol–water partition coefficient (Wildman–Crippen LogP) is 3.00. The molecule has 2 aromatic rings. The molecule has 0 saturated carbocycles. The molecule has 0 atom stereocenters. The van der Waals surface area contributed by atoms with Crippen LogP contribution in [0.25, 0.3) is 0 Å². The molecule has 0 aromatic heterocycles. The minimum atomic E-state index is 0.300. The third kappa shape index (κ3) is 5.54. The second-order valence-electron chi connectivity index (χ2n) is 6.50. The molecule has 0 spiro atoms. The van der Waals surface area contributed by atoms with E-state index in [1.165, 1.54) is 5.69 Å². The van der Waals surface area contributed by atoms with Crippen molar-refractivity contribution in [2.75, 3.05) is 38.9 Å². The lowest BCUT2D eigenvalue weighted by Gasteiger charge is -2.19. The molecule has 1 heterocycles. The molecule has 6 nitrogen and oxygen atoms in total. The highest BCUT2D eigenvalue weighted by molar-refractivity contribution is 5.79. The molecule has 0 fully saturated rings. The third-order valence-corrected chi connectivity index (χ3v) is 4.53. The molecule has 144 valence electrons. The first-order valence-electron chi connectivity index (χ1n) is 9.35. The zero-order valence-electron chi connectivity index (χ0n) is 16.1. The van der Waals surface area contributed by atoms with Gasteiger partial charge in [-0.15, -0.1) is 0 Å². The van der Waals surface area contributed by atoms with Crippen LogP contribution in [0.2, 0.25) is 0 Å². The molecular weight excluding hydrogens is 340 g/mol. The fourth-order valence-electron chi connectivity index (χ4n) is 2.95. The Hall–Kier alpha value is -2.89. The summed E-state index contributed by atoms with van der Waals surface area (Å²) in [5.41, 5.74) is 2.39. The highest BCUT2D eigenvalue weighted by atomic mass is 16.7. The van der Waals surface area contributed by atoms with E-state index < -0.39 is 0 Å². The molecule has 3 rings (SSSR count). The number of anilines is 1. The highest BCUT2D eigenvalue weighted by Crippen LogP contribution is 2.32. The van der Waals surface area contributed by atoms with Crippen molar-refractivity contribution >= 4 is 11.6 Å². The number of unbranched alkanes of at least 4 members (excludes halogenated alkanes) is 1. The first-order valence-corrected chi connectivity index (χ1v) is 9.35. The lowest BCUT2D eigenvalue weighted by molar-refractivity contribution is 0.174. The Morgan fingerprint density at radius 2 is 1.85 bits per heavy atom. The van der Waals surface area contributed by atoms with Crippen molar-refractivity contribution in [3.05, 3.63) is 54.1 Å². The number of nitrogens with one attached hydrogen (secondary N) is 2. The van der Waals surface area contributed by atoms with E-state index in [-0.39, 0.29) is 0 Å². The van der Waals surface area contributed by atoms with Gasteiger partial charge in [0.15, 0.2) is 17.5 Å². The molecule has 0 saturated heterocycles. The average Bonchev–Trinajstić information content (AvgIpc) is 3.18. The zero-order chi connectivity index (χ0) is 18.9. The van der Waals surface area contributed by atoms with Crippen molar-refractivity contribution in [2.24, 2.45) is 4.99 Å². The Morgan fingerprint density at radius 3 is 2.67 bits per heavy atom. The molecule has 0 bridgehead atoms. The number of nitrogens with zero attached hydrogens (tertiary/aromatic N) is 2. The molecule has 0 amide bonds. The van der Waals surface area contributed by atoms with Crippen LogP contribution in [0.4, 0.5) is 5.69 Å². The highest BCUT2D eigenvalue weighted by Gasteiger charge is 2.13. The maximum atomic E-state index is 5.42. The average molecular weight is 368 g/mol. The summed E-state index contributed by atoms with van der Waals surface area (Å²) in [4.78, 5) is 6.57. The minimum Gasteiger partial charge on any atom is -0.454 e. The van der Waals surface area contributed by atoms with Crippen molar-refractivity contribution < 1.29 is 9.47 Å². The summed E-state index contributed by atoms with van der Waals surface area (Å²) in [6.07, 6.45) is 2.21. The van der Waals surface area contributed by atoms with Crippen LogP contribution < -0.4 is 25.0 Å². The molecule has 0 radical (unpaired) electrons. The van der Waals surface area contributed by atoms with Crippen LogP contribution in [-0.2, 0) is 6.54 Å². The van der Waals surface area contributed by atoms with Crippen molar-refractivity contribution in [1.29, 1.82) is 0 Å². The molecule has 1 aliphatic rings. The maximum absolute atomic E-state index is 5.42. The van der Waals surface area contributed by atoms with Gasteiger partial charge in [0.05, 0.1) is 0 Å². The number of rotatable bonds is 8. The first-order chi connectivity index (χ1) is 13.3. The Kier molecular flexibility index (Phi) is 6.79. The van der Waals surface area contributed by atoms with Crippen LogP contribution in [0, 0.1) is 0 Å². The third-order valence-electron chi connectivity index (χ3n) is 4.53. The number of hydrogen-bond acceptors (Lipinski definition) is 4. The Bertz CT molecular complexity index is 749. The smallest absolute Gasteiger partial charge is 0.231 e. The molecule has 0 unspecified atom stereocenters. The van der Waals surface area contributed by atoms with Gasteiger partial charge >= 0.3 is 0 Å². The molecule has 6 heteroatoms. The molecule has 2 aromatic carbocycles. The number of para-hydroxylation sites is 1. The van der Waals surface area contributed by atoms with Crippen LogP contribution in [0.5, 0.6) is 11.5 Å². The predicted molar refractivity (Wildman–Crippen MR) is 110 cm³/mol. The molecule has 1 aliphatic heterocycles. The van der Waals surface area contributed by atoms with E-state index >= 15 is 0 Å². The van der Waals surface area contributed by atoms with E-state index in [4.69, 9.17) is 9.47 Å². The number of hydrogen-bond donors (Lipinski definition) is 2. The van der Waals surface area contributed by atoms with Gasteiger partial charge in [-0.3, -0.25) is 4.99 Å². The molecule has 0 aliphatic carbocycles. The number of fused-ring (bicyclic) bond motifs is 1. The maximum Gasteiger partial charge on any atom is 0.231 e. The van der Waals surface area contributed by atoms with Crippen molar-refractivity contribution in [1.82, 2.24) is 10.6 Å². The van der Waals surface area contributed by atoms with E-state index in [2.05, 4.69) is 51.8 Å². The summed E-state index contributed by atoms with van der Waals surface area (Å²) in [5, 5.41) is 6.70. The summed E-state index contributed by atoms with van der Waals surface area (Å²) < 4.78 is 10.8. The lowest BCUT2D eigenvalue weighted by Crippen LogP contribution is -2.37. The van der Waals surface area contributed by atoms with Crippen LogP contribution in [0.3, 0.4) is 0 Å². The second-order valence-corrected chi connectivity index (χ2v) is 6.50. The van der Waals surface area contributed by atoms with Gasteiger partial charge in [-0.2, -0.15) is 0 Å². The van der Waals surface area contributed by atoms with Crippen LogP contribution >= 0.6 is 0 Å². The fraction of sp³-hybridized carbons (Fsp3) is 0.381. The number of guanidine groups is 1. The summed E-state index contributed by atoms with van der Waals surface area (Å²) in [5.74, 6) is 2.42. The largest absolute Gasteiger partial charge is 0.454 e. The van der Waals surface area contributed by atoms with Gasteiger partial charge in [-0.05, 0) is 42.7 Å². The van der Waals surface area contributed by atoms with Crippen molar-refractivity contribution in [2.45, 2.75) is 19.4 Å². The van der Waals surface area contributed by atoms with Gasteiger partial charge in [-0.25, -0.2) is 0 Å². The summed E-state index contributed by atoms with van der Waals surface area (Å²) in [7, 11) is 3.92. The van der Waals surface area contributed by atoms with Gasteiger partial charge < -0.3 is 25.0 Å². The monoisotopic (exact) mass is 368 g/mol. The quantitative estimate of drug-likeness (QED) is 0.426. The molecular formula is C21H28N4O2. The SMILES string of the molecule is CN=C(NCCCCN(C)c1ccccc1)NCc1ccc2c(c1)OCO2. The van der Waals surface area contributed by atoms with Crippen molar-refractivity contribution in [3.63, 3.8) is 0 Å². The topological polar surface area (TPSA) is 58.1 Å². The van der Waals surface area contributed by atoms with Gasteiger partial charge in [0.25, 0.3) is 0 Å². The Morgan fingerprint density at radius 1 is 1.04 bits per heavy atom. The first kappa shape index (κ1) is 18.9. The van der Waals surface area contributed by atoms with E-state index in [1.807, 2.05) is 24.3 Å². The number of aliphatic imine (C=N–C) groups is 1. The van der Waals surface area contributed by atoms with E-state index in [0.29, 0.717) is 13.3 Å². The van der Waals surface area contributed by atoms with Gasteiger partial charge in [0, 0.05) is 39.4 Å². The van der Waals surface area contributed by atoms with E-state index in [0.717, 1.165) is 49.0 Å². The summed E-state index contributed by atoms with van der Waals surface area (Å²) in [6, 6.07) is 16.4. The normalized spacial score (nSPS) is 12.7. The van der Waals surface area contributed by atoms with Gasteiger partial charge in [-0.1, -0.05) is 24.3 Å².